The van der Waals surface area contributed by atoms with Gasteiger partial charge in [0.2, 0.25) is 5.91 Å². The van der Waals surface area contributed by atoms with Crippen LogP contribution >= 0.6 is 11.3 Å². The van der Waals surface area contributed by atoms with Gasteiger partial charge in [-0.25, -0.2) is 4.98 Å². The molecule has 4 nitrogen and oxygen atoms in total. The Morgan fingerprint density at radius 3 is 3.12 bits per heavy atom. The monoisotopic (exact) mass is 249 g/mol. The number of nitrogens with one attached hydrogen (secondary N) is 1. The molecule has 0 fully saturated rings. The van der Waals surface area contributed by atoms with Gasteiger partial charge in [-0.3, -0.25) is 9.20 Å². The van der Waals surface area contributed by atoms with E-state index in [0.29, 0.717) is 13.0 Å². The third kappa shape index (κ3) is 2.74. The average Bonchev–Trinajstić information content (AvgIpc) is 2.76. The fourth-order valence-corrected chi connectivity index (χ4v) is 2.46. The van der Waals surface area contributed by atoms with Crippen molar-refractivity contribution in [2.45, 2.75) is 20.3 Å². The molecule has 2 heterocycles. The summed E-state index contributed by atoms with van der Waals surface area (Å²) < 4.78 is 1.97. The lowest BCUT2D eigenvalue weighted by Crippen LogP contribution is -2.26. The molecule has 0 radical (unpaired) electrons. The van der Waals surface area contributed by atoms with E-state index in [0.717, 1.165) is 21.9 Å². The topological polar surface area (TPSA) is 46.4 Å². The predicted molar refractivity (Wildman–Crippen MR) is 69.3 cm³/mol. The fourth-order valence-electron chi connectivity index (χ4n) is 1.55. The Balaban J connectivity index is 2.07. The molecule has 17 heavy (non-hydrogen) atoms. The predicted octanol–water partition coefficient (Wildman–Crippen LogP) is 1.94. The van der Waals surface area contributed by atoms with Gasteiger partial charge in [-0.15, -0.1) is 11.3 Å². The molecule has 0 aromatic carbocycles. The van der Waals surface area contributed by atoms with Crippen LogP contribution in [0.3, 0.4) is 0 Å². The van der Waals surface area contributed by atoms with Gasteiger partial charge < -0.3 is 5.32 Å². The summed E-state index contributed by atoms with van der Waals surface area (Å²) in [5.41, 5.74) is 2.90. The number of aromatic nitrogens is 2. The minimum atomic E-state index is 0.0130. The molecule has 90 valence electrons. The maximum absolute atomic E-state index is 11.7. The molecule has 2 aromatic rings. The summed E-state index contributed by atoms with van der Waals surface area (Å²) in [7, 11) is 0. The van der Waals surface area contributed by atoms with Crippen molar-refractivity contribution in [1.29, 1.82) is 0 Å². The second-order valence-corrected chi connectivity index (χ2v) is 5.01. The molecule has 0 saturated heterocycles. The van der Waals surface area contributed by atoms with Gasteiger partial charge in [0.05, 0.1) is 12.1 Å². The molecule has 0 unspecified atom stereocenters. The fraction of sp³-hybridized carbons (Fsp3) is 0.333. The average molecular weight is 249 g/mol. The zero-order chi connectivity index (χ0) is 12.4. The number of hydrogen-bond donors (Lipinski definition) is 1. The number of rotatable bonds is 4. The van der Waals surface area contributed by atoms with Crippen LogP contribution in [0.15, 0.2) is 23.7 Å². The highest BCUT2D eigenvalue weighted by molar-refractivity contribution is 7.15. The van der Waals surface area contributed by atoms with E-state index in [9.17, 15) is 4.79 Å². The van der Waals surface area contributed by atoms with Crippen LogP contribution in [0.25, 0.3) is 4.96 Å². The summed E-state index contributed by atoms with van der Waals surface area (Å²) in [4.78, 5) is 17.0. The van der Waals surface area contributed by atoms with Crippen molar-refractivity contribution in [1.82, 2.24) is 14.7 Å². The second-order valence-electron chi connectivity index (χ2n) is 4.17. The molecule has 0 bridgehead atoms. The van der Waals surface area contributed by atoms with Crippen LogP contribution in [0.2, 0.25) is 0 Å². The van der Waals surface area contributed by atoms with Gasteiger partial charge in [-0.1, -0.05) is 12.2 Å². The maximum Gasteiger partial charge on any atom is 0.226 e. The zero-order valence-corrected chi connectivity index (χ0v) is 10.8. The number of aryl methyl sites for hydroxylation is 1. The van der Waals surface area contributed by atoms with Gasteiger partial charge in [-0.2, -0.15) is 0 Å². The van der Waals surface area contributed by atoms with Crippen LogP contribution in [0.1, 0.15) is 18.3 Å². The molecule has 1 amide bonds. The summed E-state index contributed by atoms with van der Waals surface area (Å²) >= 11 is 1.56. The molecule has 0 aliphatic carbocycles. The van der Waals surface area contributed by atoms with Crippen LogP contribution in [-0.4, -0.2) is 21.8 Å². The summed E-state index contributed by atoms with van der Waals surface area (Å²) in [5, 5.41) is 4.80. The highest BCUT2D eigenvalue weighted by atomic mass is 32.1. The molecule has 0 aliphatic rings. The van der Waals surface area contributed by atoms with Crippen LogP contribution in [-0.2, 0) is 11.2 Å². The third-order valence-electron chi connectivity index (χ3n) is 2.33. The molecular weight excluding hydrogens is 234 g/mol. The number of carbonyl (C=O) groups excluding carboxylic acids is 1. The first-order valence-electron chi connectivity index (χ1n) is 5.39. The van der Waals surface area contributed by atoms with Gasteiger partial charge in [0.1, 0.15) is 0 Å². The lowest BCUT2D eigenvalue weighted by atomic mass is 10.3. The Labute approximate surface area is 104 Å². The summed E-state index contributed by atoms with van der Waals surface area (Å²) in [5.74, 6) is 0.0130. The van der Waals surface area contributed by atoms with Crippen molar-refractivity contribution < 1.29 is 4.79 Å². The minimum absolute atomic E-state index is 0.0130. The highest BCUT2D eigenvalue weighted by Gasteiger charge is 2.09. The standard InChI is InChI=1S/C12H15N3OS/c1-8(2)5-13-11(16)4-10-7-17-12-14-9(3)6-15(10)12/h6-7H,1,4-5H2,2-3H3,(H,13,16). The summed E-state index contributed by atoms with van der Waals surface area (Å²) in [6, 6.07) is 0. The van der Waals surface area contributed by atoms with Crippen molar-refractivity contribution in [3.8, 4) is 0 Å². The third-order valence-corrected chi connectivity index (χ3v) is 3.22. The normalized spacial score (nSPS) is 10.7. The van der Waals surface area contributed by atoms with E-state index in [1.807, 2.05) is 29.8 Å². The highest BCUT2D eigenvalue weighted by Crippen LogP contribution is 2.16. The SMILES string of the molecule is C=C(C)CNC(=O)Cc1csc2nc(C)cn12. The molecule has 1 N–H and O–H groups in total. The first kappa shape index (κ1) is 11.9. The molecule has 0 spiro atoms. The van der Waals surface area contributed by atoms with Crippen molar-refractivity contribution in [3.63, 3.8) is 0 Å². The number of carbonyl (C=O) groups is 1. The zero-order valence-electron chi connectivity index (χ0n) is 9.99. The van der Waals surface area contributed by atoms with Crippen molar-refractivity contribution in [2.24, 2.45) is 0 Å². The van der Waals surface area contributed by atoms with Gasteiger partial charge >= 0.3 is 0 Å². The first-order valence-corrected chi connectivity index (χ1v) is 6.27. The number of hydrogen-bond acceptors (Lipinski definition) is 3. The minimum Gasteiger partial charge on any atom is -0.352 e. The van der Waals surface area contributed by atoms with Gasteiger partial charge in [0, 0.05) is 23.8 Å². The Hall–Kier alpha value is -1.62. The van der Waals surface area contributed by atoms with E-state index in [4.69, 9.17) is 0 Å². The van der Waals surface area contributed by atoms with E-state index < -0.39 is 0 Å². The Bertz CT molecular complexity index is 567. The molecule has 2 rings (SSSR count). The summed E-state index contributed by atoms with van der Waals surface area (Å²) in [6.07, 6.45) is 2.33. The van der Waals surface area contributed by atoms with Crippen molar-refractivity contribution in [3.05, 3.63) is 35.1 Å². The van der Waals surface area contributed by atoms with Crippen LogP contribution in [0, 0.1) is 6.92 Å². The Morgan fingerprint density at radius 1 is 1.65 bits per heavy atom. The second kappa shape index (κ2) is 4.71. The van der Waals surface area contributed by atoms with Crippen LogP contribution < -0.4 is 5.32 Å². The lowest BCUT2D eigenvalue weighted by molar-refractivity contribution is -0.120. The molecule has 2 aromatic heterocycles. The van der Waals surface area contributed by atoms with E-state index in [-0.39, 0.29) is 5.91 Å². The Kier molecular flexibility index (Phi) is 3.28. The van der Waals surface area contributed by atoms with E-state index in [2.05, 4.69) is 16.9 Å². The number of imidazole rings is 1. The maximum atomic E-state index is 11.7. The number of thiazole rings is 1. The molecule has 0 atom stereocenters. The number of fused-ring (bicyclic) bond motifs is 1. The molecular formula is C12H15N3OS. The van der Waals surface area contributed by atoms with Gasteiger partial charge in [0.25, 0.3) is 0 Å². The molecule has 0 saturated carbocycles. The Morgan fingerprint density at radius 2 is 2.41 bits per heavy atom. The number of nitrogens with zero attached hydrogens (tertiary/aromatic N) is 2. The van der Waals surface area contributed by atoms with E-state index >= 15 is 0 Å². The first-order chi connectivity index (χ1) is 8.06. The van der Waals surface area contributed by atoms with Crippen LogP contribution in [0.5, 0.6) is 0 Å². The van der Waals surface area contributed by atoms with Gasteiger partial charge in [-0.05, 0) is 13.8 Å². The van der Waals surface area contributed by atoms with E-state index in [1.54, 1.807) is 11.3 Å². The quantitative estimate of drug-likeness (QED) is 0.842. The molecule has 5 heteroatoms. The number of amides is 1. The van der Waals surface area contributed by atoms with Crippen molar-refractivity contribution in [2.75, 3.05) is 6.54 Å². The lowest BCUT2D eigenvalue weighted by Gasteiger charge is -2.03. The van der Waals surface area contributed by atoms with Crippen molar-refractivity contribution >= 4 is 22.2 Å². The summed E-state index contributed by atoms with van der Waals surface area (Å²) in [6.45, 7) is 8.13. The molecule has 0 aliphatic heterocycles. The van der Waals surface area contributed by atoms with Gasteiger partial charge in [0.15, 0.2) is 4.96 Å². The van der Waals surface area contributed by atoms with E-state index in [1.165, 1.54) is 0 Å². The van der Waals surface area contributed by atoms with Crippen LogP contribution in [0.4, 0.5) is 0 Å². The smallest absolute Gasteiger partial charge is 0.226 e. The largest absolute Gasteiger partial charge is 0.352 e.